The third kappa shape index (κ3) is 3.62. The minimum Gasteiger partial charge on any atom is -0.497 e. The predicted molar refractivity (Wildman–Crippen MR) is 130 cm³/mol. The van der Waals surface area contributed by atoms with Crippen LogP contribution in [-0.4, -0.2) is 59.4 Å². The van der Waals surface area contributed by atoms with Gasteiger partial charge in [-0.3, -0.25) is 9.59 Å². The number of hydrogen-bond acceptors (Lipinski definition) is 8. The molecular formula is C28H24O8. The Kier molecular flexibility index (Phi) is 5.78. The molecule has 36 heavy (non-hydrogen) atoms. The summed E-state index contributed by atoms with van der Waals surface area (Å²) in [5, 5.41) is 22.1. The van der Waals surface area contributed by atoms with Gasteiger partial charge in [-0.1, -0.05) is 36.4 Å². The van der Waals surface area contributed by atoms with E-state index >= 15 is 0 Å². The largest absolute Gasteiger partial charge is 0.497 e. The highest BCUT2D eigenvalue weighted by Gasteiger charge is 2.82. The van der Waals surface area contributed by atoms with Crippen molar-refractivity contribution in [2.24, 2.45) is 0 Å². The van der Waals surface area contributed by atoms with Crippen LogP contribution >= 0.6 is 0 Å². The molecule has 184 valence electrons. The Labute approximate surface area is 207 Å². The van der Waals surface area contributed by atoms with Crippen LogP contribution in [0.15, 0.2) is 84.4 Å². The van der Waals surface area contributed by atoms with Crippen LogP contribution in [0.5, 0.6) is 11.5 Å². The van der Waals surface area contributed by atoms with Crippen LogP contribution in [0.3, 0.4) is 0 Å². The number of ether oxygens (including phenoxy) is 4. The van der Waals surface area contributed by atoms with Crippen molar-refractivity contribution < 1.29 is 38.7 Å². The SMILES string of the molecule is COc1ccc(/C=C/C2=CC(=O)[C@@]3(O)[C@@H](O2)[C@@H]2OC(/C=C/c4ccc(OC)cc4)=CC(=O)[C@@]23O)cc1. The van der Waals surface area contributed by atoms with Crippen LogP contribution in [-0.2, 0) is 19.1 Å². The smallest absolute Gasteiger partial charge is 0.208 e. The Morgan fingerprint density at radius 2 is 1.03 bits per heavy atom. The summed E-state index contributed by atoms with van der Waals surface area (Å²) in [6.07, 6.45) is 6.20. The van der Waals surface area contributed by atoms with Crippen molar-refractivity contribution >= 4 is 23.7 Å². The van der Waals surface area contributed by atoms with E-state index in [2.05, 4.69) is 0 Å². The van der Waals surface area contributed by atoms with Gasteiger partial charge >= 0.3 is 0 Å². The van der Waals surface area contributed by atoms with Crippen molar-refractivity contribution in [3.05, 3.63) is 95.5 Å². The van der Waals surface area contributed by atoms with Gasteiger partial charge in [0.15, 0.2) is 23.8 Å². The third-order valence-electron chi connectivity index (χ3n) is 6.62. The topological polar surface area (TPSA) is 112 Å². The van der Waals surface area contributed by atoms with Gasteiger partial charge in [0.1, 0.15) is 23.0 Å². The lowest BCUT2D eigenvalue weighted by atomic mass is 9.55. The van der Waals surface area contributed by atoms with E-state index in [0.29, 0.717) is 11.5 Å². The maximum atomic E-state index is 12.9. The monoisotopic (exact) mass is 488 g/mol. The number of aliphatic hydroxyl groups is 2. The fraction of sp³-hybridized carbons (Fsp3) is 0.214. The number of carbonyl (C=O) groups is 2. The summed E-state index contributed by atoms with van der Waals surface area (Å²) < 4.78 is 21.9. The molecule has 0 radical (unpaired) electrons. The molecule has 1 saturated carbocycles. The average molecular weight is 488 g/mol. The van der Waals surface area contributed by atoms with Gasteiger partial charge in [0.2, 0.25) is 11.2 Å². The van der Waals surface area contributed by atoms with Gasteiger partial charge < -0.3 is 29.2 Å². The molecule has 4 atom stereocenters. The van der Waals surface area contributed by atoms with Crippen LogP contribution in [0.4, 0.5) is 0 Å². The van der Waals surface area contributed by atoms with E-state index in [9.17, 15) is 19.8 Å². The quantitative estimate of drug-likeness (QED) is 0.639. The highest BCUT2D eigenvalue weighted by Crippen LogP contribution is 2.53. The molecule has 2 aromatic carbocycles. The van der Waals surface area contributed by atoms with Crippen LogP contribution in [0.2, 0.25) is 0 Å². The normalized spacial score (nSPS) is 28.9. The van der Waals surface area contributed by atoms with E-state index in [-0.39, 0.29) is 11.5 Å². The maximum absolute atomic E-state index is 12.9. The van der Waals surface area contributed by atoms with E-state index in [1.807, 2.05) is 24.3 Å². The number of fused-ring (bicyclic) bond motifs is 4. The number of hydrogen-bond donors (Lipinski definition) is 2. The Morgan fingerprint density at radius 3 is 1.36 bits per heavy atom. The first-order chi connectivity index (χ1) is 17.3. The second kappa shape index (κ2) is 8.82. The molecule has 0 unspecified atom stereocenters. The number of allylic oxidation sites excluding steroid dienone is 2. The summed E-state index contributed by atoms with van der Waals surface area (Å²) in [4.78, 5) is 25.7. The van der Waals surface area contributed by atoms with Gasteiger partial charge in [0.25, 0.3) is 0 Å². The second-order valence-electron chi connectivity index (χ2n) is 8.64. The van der Waals surface area contributed by atoms with Gasteiger partial charge in [-0.25, -0.2) is 0 Å². The van der Waals surface area contributed by atoms with E-state index < -0.39 is 35.0 Å². The summed E-state index contributed by atoms with van der Waals surface area (Å²) in [5.41, 5.74) is -3.21. The molecule has 0 bridgehead atoms. The first-order valence-electron chi connectivity index (χ1n) is 11.2. The predicted octanol–water partition coefficient (Wildman–Crippen LogP) is 2.61. The summed E-state index contributed by atoms with van der Waals surface area (Å²) in [7, 11) is 3.15. The minimum atomic E-state index is -2.44. The van der Waals surface area contributed by atoms with Crippen LogP contribution in [0, 0.1) is 0 Å². The molecule has 3 aliphatic rings. The zero-order valence-corrected chi connectivity index (χ0v) is 19.6. The summed E-state index contributed by atoms with van der Waals surface area (Å²) >= 11 is 0. The van der Waals surface area contributed by atoms with Crippen molar-refractivity contribution in [3.63, 3.8) is 0 Å². The number of methoxy groups -OCH3 is 2. The Bertz CT molecular complexity index is 1210. The van der Waals surface area contributed by atoms with Crippen molar-refractivity contribution in [2.45, 2.75) is 23.4 Å². The molecule has 8 nitrogen and oxygen atoms in total. The zero-order chi connectivity index (χ0) is 25.5. The molecule has 0 aromatic heterocycles. The molecule has 2 aliphatic heterocycles. The van der Waals surface area contributed by atoms with E-state index in [0.717, 1.165) is 23.3 Å². The van der Waals surface area contributed by atoms with Gasteiger partial charge in [-0.05, 0) is 47.5 Å². The van der Waals surface area contributed by atoms with Gasteiger partial charge in [-0.2, -0.15) is 0 Å². The van der Waals surface area contributed by atoms with E-state index in [4.69, 9.17) is 18.9 Å². The fourth-order valence-electron chi connectivity index (χ4n) is 4.53. The van der Waals surface area contributed by atoms with Gasteiger partial charge in [-0.15, -0.1) is 0 Å². The Balaban J connectivity index is 1.35. The summed E-state index contributed by atoms with van der Waals surface area (Å²) in [5.74, 6) is 0.113. The molecule has 5 rings (SSSR count). The molecule has 2 heterocycles. The number of carbonyl (C=O) groups excluding carboxylic acids is 2. The standard InChI is InChI=1S/C28H24O8/c1-33-19-9-3-17(4-10-19)7-13-21-15-23(29)27(31)25(35-21)26-28(27,32)24(30)16-22(36-26)14-8-18-5-11-20(34-2)12-6-18/h3-16,25-26,31-32H,1-2H3/b13-7+,14-8+/t25-,26-,27+,28+/m0/s1. The maximum Gasteiger partial charge on any atom is 0.208 e. The number of rotatable bonds is 6. The lowest BCUT2D eigenvalue weighted by Crippen LogP contribution is -2.89. The molecular weight excluding hydrogens is 464 g/mol. The summed E-state index contributed by atoms with van der Waals surface area (Å²) in [6.45, 7) is 0. The molecule has 2 N–H and O–H groups in total. The first kappa shape index (κ1) is 23.6. The Hall–Kier alpha value is -4.14. The van der Waals surface area contributed by atoms with Crippen molar-refractivity contribution in [3.8, 4) is 11.5 Å². The van der Waals surface area contributed by atoms with Gasteiger partial charge in [0, 0.05) is 12.2 Å². The molecule has 2 aromatic rings. The van der Waals surface area contributed by atoms with Crippen LogP contribution in [0.25, 0.3) is 12.2 Å². The average Bonchev–Trinajstić information content (AvgIpc) is 2.90. The molecule has 0 spiro atoms. The van der Waals surface area contributed by atoms with Gasteiger partial charge in [0.05, 0.1) is 14.2 Å². The van der Waals surface area contributed by atoms with E-state index in [1.54, 1.807) is 62.8 Å². The van der Waals surface area contributed by atoms with Crippen molar-refractivity contribution in [1.82, 2.24) is 0 Å². The first-order valence-corrected chi connectivity index (χ1v) is 11.2. The molecule has 1 aliphatic carbocycles. The summed E-state index contributed by atoms with van der Waals surface area (Å²) in [6, 6.07) is 14.5. The molecule has 0 amide bonds. The van der Waals surface area contributed by atoms with Crippen molar-refractivity contribution in [1.29, 1.82) is 0 Å². The highest BCUT2D eigenvalue weighted by atomic mass is 16.6. The fourth-order valence-corrected chi connectivity index (χ4v) is 4.53. The van der Waals surface area contributed by atoms with Crippen LogP contribution < -0.4 is 9.47 Å². The lowest BCUT2D eigenvalue weighted by Gasteiger charge is -2.61. The lowest BCUT2D eigenvalue weighted by molar-refractivity contribution is -0.319. The molecule has 0 saturated heterocycles. The van der Waals surface area contributed by atoms with Crippen molar-refractivity contribution in [2.75, 3.05) is 14.2 Å². The minimum absolute atomic E-state index is 0.175. The third-order valence-corrected chi connectivity index (χ3v) is 6.62. The second-order valence-corrected chi connectivity index (χ2v) is 8.64. The number of benzene rings is 2. The highest BCUT2D eigenvalue weighted by molar-refractivity contribution is 6.12. The number of ketones is 2. The van der Waals surface area contributed by atoms with E-state index in [1.165, 1.54) is 0 Å². The van der Waals surface area contributed by atoms with Crippen LogP contribution in [0.1, 0.15) is 11.1 Å². The Morgan fingerprint density at radius 1 is 0.667 bits per heavy atom. The zero-order valence-electron chi connectivity index (χ0n) is 19.6. The molecule has 8 heteroatoms. The molecule has 1 fully saturated rings.